The number of fused-ring (bicyclic) bond motifs is 1. The third-order valence-electron chi connectivity index (χ3n) is 4.13. The molecule has 0 aromatic heterocycles. The van der Waals surface area contributed by atoms with Crippen molar-refractivity contribution in [3.63, 3.8) is 0 Å². The molecule has 0 radical (unpaired) electrons. The van der Waals surface area contributed by atoms with E-state index < -0.39 is 7.12 Å². The molecule has 0 saturated carbocycles. The van der Waals surface area contributed by atoms with Crippen molar-refractivity contribution >= 4 is 18.4 Å². The Labute approximate surface area is 142 Å². The van der Waals surface area contributed by atoms with Gasteiger partial charge in [0.2, 0.25) is 0 Å². The summed E-state index contributed by atoms with van der Waals surface area (Å²) in [4.78, 5) is 12.1. The molecule has 124 valence electrons. The molecule has 1 heterocycles. The fourth-order valence-corrected chi connectivity index (χ4v) is 2.83. The maximum absolute atomic E-state index is 12.1. The molecule has 3 rings (SSSR count). The zero-order valence-corrected chi connectivity index (χ0v) is 13.6. The molecule has 0 amide bonds. The quantitative estimate of drug-likeness (QED) is 0.596. The van der Waals surface area contributed by atoms with E-state index in [2.05, 4.69) is 0 Å². The lowest BCUT2D eigenvalue weighted by Crippen LogP contribution is -2.28. The molecule has 0 unspecified atom stereocenters. The van der Waals surface area contributed by atoms with Crippen LogP contribution in [0, 0.1) is 0 Å². The average Bonchev–Trinajstić information content (AvgIpc) is 2.96. The number of ketones is 1. The largest absolute Gasteiger partial charge is 0.491 e. The van der Waals surface area contributed by atoms with E-state index >= 15 is 0 Å². The monoisotopic (exact) mass is 324 g/mol. The maximum atomic E-state index is 12.1. The summed E-state index contributed by atoms with van der Waals surface area (Å²) in [5.41, 5.74) is 3.84. The molecule has 1 aliphatic rings. The number of carbonyl (C=O) groups is 1. The average molecular weight is 324 g/mol. The molecule has 1 aliphatic heterocycles. The van der Waals surface area contributed by atoms with Crippen LogP contribution in [0.4, 0.5) is 0 Å². The van der Waals surface area contributed by atoms with Gasteiger partial charge in [-0.15, -0.1) is 0 Å². The lowest BCUT2D eigenvalue weighted by Gasteiger charge is -2.06. The molecule has 0 aliphatic carbocycles. The van der Waals surface area contributed by atoms with Crippen LogP contribution >= 0.6 is 0 Å². The molecule has 2 aromatic rings. The van der Waals surface area contributed by atoms with Crippen LogP contribution in [0.25, 0.3) is 0 Å². The van der Waals surface area contributed by atoms with Gasteiger partial charge in [-0.2, -0.15) is 0 Å². The van der Waals surface area contributed by atoms with E-state index in [0.29, 0.717) is 32.7 Å². The third kappa shape index (κ3) is 4.54. The van der Waals surface area contributed by atoms with Gasteiger partial charge in [-0.1, -0.05) is 48.5 Å². The Morgan fingerprint density at radius 1 is 1.17 bits per heavy atom. The zero-order valence-electron chi connectivity index (χ0n) is 13.6. The minimum absolute atomic E-state index is 0.187. The van der Waals surface area contributed by atoms with Crippen molar-refractivity contribution in [2.45, 2.75) is 32.5 Å². The van der Waals surface area contributed by atoms with Gasteiger partial charge >= 0.3 is 7.12 Å². The third-order valence-corrected chi connectivity index (χ3v) is 4.13. The van der Waals surface area contributed by atoms with E-state index in [9.17, 15) is 9.82 Å². The van der Waals surface area contributed by atoms with E-state index in [1.165, 1.54) is 0 Å². The molecule has 1 N–H and O–H groups in total. The Kier molecular flexibility index (Phi) is 5.80. The van der Waals surface area contributed by atoms with Crippen molar-refractivity contribution < 1.29 is 19.2 Å². The molecule has 0 bridgehead atoms. The lowest BCUT2D eigenvalue weighted by molar-refractivity contribution is -0.118. The van der Waals surface area contributed by atoms with Crippen molar-refractivity contribution in [1.82, 2.24) is 0 Å². The molecule has 4 nitrogen and oxygen atoms in total. The molecule has 24 heavy (non-hydrogen) atoms. The highest BCUT2D eigenvalue weighted by Crippen LogP contribution is 2.12. The van der Waals surface area contributed by atoms with Gasteiger partial charge in [0.25, 0.3) is 0 Å². The van der Waals surface area contributed by atoms with E-state index in [1.807, 2.05) is 48.5 Å². The number of ether oxygens (including phenoxy) is 1. The molecule has 0 fully saturated rings. The van der Waals surface area contributed by atoms with Gasteiger partial charge in [-0.3, -0.25) is 4.79 Å². The van der Waals surface area contributed by atoms with Crippen LogP contribution in [0.2, 0.25) is 0 Å². The number of carbonyl (C=O) groups excluding carboxylic acids is 1. The van der Waals surface area contributed by atoms with Crippen LogP contribution in [0.3, 0.4) is 0 Å². The fourth-order valence-electron chi connectivity index (χ4n) is 2.83. The van der Waals surface area contributed by atoms with E-state index in [0.717, 1.165) is 28.6 Å². The molecule has 0 atom stereocenters. The first-order valence-corrected chi connectivity index (χ1v) is 8.27. The van der Waals surface area contributed by atoms with Crippen molar-refractivity contribution in [2.75, 3.05) is 6.61 Å². The van der Waals surface area contributed by atoms with E-state index in [1.54, 1.807) is 0 Å². The molecule has 2 aromatic carbocycles. The van der Waals surface area contributed by atoms with E-state index in [4.69, 9.17) is 9.39 Å². The molecular formula is C19H21BO4. The fraction of sp³-hybridized carbons (Fsp3) is 0.316. The van der Waals surface area contributed by atoms with Crippen molar-refractivity contribution in [3.05, 3.63) is 65.2 Å². The van der Waals surface area contributed by atoms with Crippen molar-refractivity contribution in [1.29, 1.82) is 0 Å². The Balaban J connectivity index is 1.38. The van der Waals surface area contributed by atoms with Gasteiger partial charge in [0.15, 0.2) is 0 Å². The van der Waals surface area contributed by atoms with Crippen LogP contribution in [-0.2, 0) is 33.8 Å². The maximum Gasteiger partial charge on any atom is 0.491 e. The van der Waals surface area contributed by atoms with Crippen LogP contribution in [-0.4, -0.2) is 24.5 Å². The Morgan fingerprint density at radius 3 is 2.83 bits per heavy atom. The molecular weight excluding hydrogens is 303 g/mol. The Hall–Kier alpha value is -1.95. The summed E-state index contributed by atoms with van der Waals surface area (Å²) in [7, 11) is -0.860. The summed E-state index contributed by atoms with van der Waals surface area (Å²) < 4.78 is 10.8. The lowest BCUT2D eigenvalue weighted by atomic mass is 9.78. The van der Waals surface area contributed by atoms with Gasteiger partial charge in [-0.25, -0.2) is 0 Å². The highest BCUT2D eigenvalue weighted by molar-refractivity contribution is 6.61. The highest BCUT2D eigenvalue weighted by atomic mass is 16.5. The smallest absolute Gasteiger partial charge is 0.423 e. The summed E-state index contributed by atoms with van der Waals surface area (Å²) in [5.74, 6) is 0.187. The summed E-state index contributed by atoms with van der Waals surface area (Å²) in [6, 6.07) is 15.7. The van der Waals surface area contributed by atoms with Gasteiger partial charge in [0.05, 0.1) is 13.2 Å². The number of rotatable bonds is 8. The standard InChI is InChI=1S/C19H21BO4/c21-18(7-4-10-23-13-15-5-2-1-3-6-15)11-16-8-9-17-14-24-20(22)19(17)12-16/h1-3,5-6,8-9,12,22H,4,7,10-11,13-14H2. The number of hydrogen-bond donors (Lipinski definition) is 1. The predicted molar refractivity (Wildman–Crippen MR) is 92.9 cm³/mol. The minimum Gasteiger partial charge on any atom is -0.423 e. The van der Waals surface area contributed by atoms with Crippen LogP contribution < -0.4 is 5.46 Å². The van der Waals surface area contributed by atoms with Gasteiger partial charge < -0.3 is 14.4 Å². The van der Waals surface area contributed by atoms with Gasteiger partial charge in [0.1, 0.15) is 5.78 Å². The van der Waals surface area contributed by atoms with Crippen molar-refractivity contribution in [3.8, 4) is 0 Å². The summed E-state index contributed by atoms with van der Waals surface area (Å²) >= 11 is 0. The van der Waals surface area contributed by atoms with Gasteiger partial charge in [-0.05, 0) is 28.6 Å². The Morgan fingerprint density at radius 2 is 2.00 bits per heavy atom. The Bertz CT molecular complexity index is 687. The number of hydrogen-bond acceptors (Lipinski definition) is 4. The second-order valence-electron chi connectivity index (χ2n) is 6.05. The predicted octanol–water partition coefficient (Wildman–Crippen LogP) is 2.01. The SMILES string of the molecule is O=C(CCCOCc1ccccc1)Cc1ccc2c(c1)B(O)OC2. The molecule has 0 spiro atoms. The van der Waals surface area contributed by atoms with E-state index in [-0.39, 0.29) is 5.78 Å². The second-order valence-corrected chi connectivity index (χ2v) is 6.05. The topological polar surface area (TPSA) is 55.8 Å². The van der Waals surface area contributed by atoms with Gasteiger partial charge in [0, 0.05) is 19.4 Å². The first kappa shape index (κ1) is 16.9. The summed E-state index contributed by atoms with van der Waals surface area (Å²) in [6.07, 6.45) is 1.62. The normalized spacial score (nSPS) is 13.1. The number of benzene rings is 2. The highest BCUT2D eigenvalue weighted by Gasteiger charge is 2.27. The first-order valence-electron chi connectivity index (χ1n) is 8.27. The minimum atomic E-state index is -0.860. The summed E-state index contributed by atoms with van der Waals surface area (Å²) in [5, 5.41) is 9.71. The molecule has 5 heteroatoms. The molecule has 0 saturated heterocycles. The second kappa shape index (κ2) is 8.24. The first-order chi connectivity index (χ1) is 11.7. The van der Waals surface area contributed by atoms with Crippen LogP contribution in [0.1, 0.15) is 29.5 Å². The number of Topliss-reactive ketones (excluding diaryl/α,β-unsaturated/α-hetero) is 1. The van der Waals surface area contributed by atoms with Crippen LogP contribution in [0.5, 0.6) is 0 Å². The summed E-state index contributed by atoms with van der Waals surface area (Å²) in [6.45, 7) is 1.60. The van der Waals surface area contributed by atoms with Crippen LogP contribution in [0.15, 0.2) is 48.5 Å². The zero-order chi connectivity index (χ0) is 16.8. The van der Waals surface area contributed by atoms with Crippen molar-refractivity contribution in [2.24, 2.45) is 0 Å².